The third-order valence-electron chi connectivity index (χ3n) is 2.77. The lowest BCUT2D eigenvalue weighted by Crippen LogP contribution is -2.07. The van der Waals surface area contributed by atoms with E-state index in [9.17, 15) is 22.0 Å². The molecular formula is C13H6F5N3. The molecule has 1 heterocycles. The number of nitrogens with two attached hydrogens (primary N) is 1. The first-order valence-corrected chi connectivity index (χ1v) is 5.48. The quantitative estimate of drug-likeness (QED) is 0.499. The molecule has 108 valence electrons. The van der Waals surface area contributed by atoms with Crippen molar-refractivity contribution in [1.29, 1.82) is 5.26 Å². The number of hydrogen-bond donors (Lipinski definition) is 1. The van der Waals surface area contributed by atoms with Crippen LogP contribution in [0.3, 0.4) is 0 Å². The van der Waals surface area contributed by atoms with Crippen LogP contribution in [0.2, 0.25) is 0 Å². The van der Waals surface area contributed by atoms with Gasteiger partial charge in [-0.05, 0) is 13.0 Å². The highest BCUT2D eigenvalue weighted by molar-refractivity contribution is 5.76. The maximum Gasteiger partial charge on any atom is 0.200 e. The molecule has 1 aromatic carbocycles. The number of hydrogen-bond acceptors (Lipinski definition) is 3. The van der Waals surface area contributed by atoms with Crippen LogP contribution in [0.1, 0.15) is 11.3 Å². The highest BCUT2D eigenvalue weighted by Crippen LogP contribution is 2.35. The summed E-state index contributed by atoms with van der Waals surface area (Å²) in [5, 5.41) is 8.95. The predicted molar refractivity (Wildman–Crippen MR) is 63.3 cm³/mol. The minimum Gasteiger partial charge on any atom is -0.383 e. The van der Waals surface area contributed by atoms with Crippen molar-refractivity contribution in [3.05, 3.63) is 46.4 Å². The fraction of sp³-hybridized carbons (Fsp3) is 0.0769. The minimum absolute atomic E-state index is 0.158. The Morgan fingerprint density at radius 3 is 1.95 bits per heavy atom. The van der Waals surface area contributed by atoms with Crippen LogP contribution in [0.5, 0.6) is 0 Å². The molecule has 21 heavy (non-hydrogen) atoms. The molecule has 2 rings (SSSR count). The topological polar surface area (TPSA) is 62.7 Å². The molecular weight excluding hydrogens is 293 g/mol. The number of nitriles is 1. The molecule has 1 aromatic heterocycles. The van der Waals surface area contributed by atoms with E-state index in [1.165, 1.54) is 13.0 Å². The van der Waals surface area contributed by atoms with Gasteiger partial charge in [0.15, 0.2) is 23.3 Å². The standard InChI is InChI=1S/C13H6F5N3/c1-4-2-5(6(3-19)13(20)21-4)7-8(14)10(16)12(18)11(17)9(7)15/h2H,1H3,(H2,20,21). The number of aryl methyl sites for hydroxylation is 1. The summed E-state index contributed by atoms with van der Waals surface area (Å²) in [6, 6.07) is 2.56. The molecule has 0 radical (unpaired) electrons. The van der Waals surface area contributed by atoms with E-state index < -0.39 is 45.8 Å². The molecule has 0 aliphatic heterocycles. The van der Waals surface area contributed by atoms with Crippen LogP contribution in [0.25, 0.3) is 11.1 Å². The molecule has 3 nitrogen and oxygen atoms in total. The second-order valence-corrected chi connectivity index (χ2v) is 4.13. The SMILES string of the molecule is Cc1cc(-c2c(F)c(F)c(F)c(F)c2F)c(C#N)c(N)n1. The molecule has 2 aromatic rings. The van der Waals surface area contributed by atoms with Crippen LogP contribution in [-0.4, -0.2) is 4.98 Å². The Balaban J connectivity index is 2.96. The van der Waals surface area contributed by atoms with E-state index in [0.717, 1.165) is 6.07 Å². The lowest BCUT2D eigenvalue weighted by molar-refractivity contribution is 0.381. The molecule has 0 aliphatic carbocycles. The summed E-state index contributed by atoms with van der Waals surface area (Å²) >= 11 is 0. The van der Waals surface area contributed by atoms with Gasteiger partial charge in [0.1, 0.15) is 17.5 Å². The lowest BCUT2D eigenvalue weighted by Gasteiger charge is -2.11. The van der Waals surface area contributed by atoms with Gasteiger partial charge in [-0.25, -0.2) is 26.9 Å². The summed E-state index contributed by atoms with van der Waals surface area (Å²) in [7, 11) is 0. The molecule has 8 heteroatoms. The molecule has 0 saturated carbocycles. The van der Waals surface area contributed by atoms with E-state index in [2.05, 4.69) is 4.98 Å². The molecule has 0 saturated heterocycles. The largest absolute Gasteiger partial charge is 0.383 e. The van der Waals surface area contributed by atoms with Gasteiger partial charge in [0.05, 0.1) is 5.56 Å². The smallest absolute Gasteiger partial charge is 0.200 e. The van der Waals surface area contributed by atoms with E-state index >= 15 is 0 Å². The average molecular weight is 299 g/mol. The Bertz CT molecular complexity index is 767. The summed E-state index contributed by atoms with van der Waals surface area (Å²) < 4.78 is 67.0. The number of nitrogen functional groups attached to an aromatic ring is 1. The van der Waals surface area contributed by atoms with Crippen LogP contribution in [0.4, 0.5) is 27.8 Å². The van der Waals surface area contributed by atoms with Crippen molar-refractivity contribution in [2.24, 2.45) is 0 Å². The first kappa shape index (κ1) is 14.7. The third-order valence-corrected chi connectivity index (χ3v) is 2.77. The van der Waals surface area contributed by atoms with Gasteiger partial charge in [0.2, 0.25) is 5.82 Å². The van der Waals surface area contributed by atoms with E-state index in [-0.39, 0.29) is 11.5 Å². The van der Waals surface area contributed by atoms with Crippen LogP contribution in [0, 0.1) is 47.3 Å². The average Bonchev–Trinajstić information content (AvgIpc) is 2.43. The Labute approximate surface area is 115 Å². The number of halogens is 5. The predicted octanol–water partition coefficient (Wildman–Crippen LogP) is 3.21. The van der Waals surface area contributed by atoms with Gasteiger partial charge in [-0.1, -0.05) is 0 Å². The highest BCUT2D eigenvalue weighted by atomic mass is 19.2. The van der Waals surface area contributed by atoms with Gasteiger partial charge >= 0.3 is 0 Å². The summed E-state index contributed by atoms with van der Waals surface area (Å²) in [6.45, 7) is 1.40. The van der Waals surface area contributed by atoms with Crippen molar-refractivity contribution in [2.75, 3.05) is 5.73 Å². The number of pyridine rings is 1. The van der Waals surface area contributed by atoms with Gasteiger partial charge in [-0.2, -0.15) is 5.26 Å². The van der Waals surface area contributed by atoms with Crippen molar-refractivity contribution in [1.82, 2.24) is 4.98 Å². The Hall–Kier alpha value is -2.69. The van der Waals surface area contributed by atoms with Crippen LogP contribution >= 0.6 is 0 Å². The first-order valence-electron chi connectivity index (χ1n) is 5.48. The second-order valence-electron chi connectivity index (χ2n) is 4.13. The zero-order valence-corrected chi connectivity index (χ0v) is 10.4. The van der Waals surface area contributed by atoms with Crippen molar-refractivity contribution >= 4 is 5.82 Å². The number of aromatic nitrogens is 1. The van der Waals surface area contributed by atoms with Crippen LogP contribution in [0.15, 0.2) is 6.07 Å². The molecule has 0 atom stereocenters. The molecule has 0 aliphatic rings. The van der Waals surface area contributed by atoms with Crippen LogP contribution < -0.4 is 5.73 Å². The number of rotatable bonds is 1. The molecule has 2 N–H and O–H groups in total. The molecule has 0 bridgehead atoms. The summed E-state index contributed by atoms with van der Waals surface area (Å²) in [5.41, 5.74) is 3.41. The summed E-state index contributed by atoms with van der Waals surface area (Å²) in [5.74, 6) is -10.9. The van der Waals surface area contributed by atoms with Crippen LogP contribution in [-0.2, 0) is 0 Å². The lowest BCUT2D eigenvalue weighted by atomic mass is 9.98. The fourth-order valence-corrected chi connectivity index (χ4v) is 1.85. The third kappa shape index (κ3) is 2.16. The first-order chi connectivity index (χ1) is 9.79. The Morgan fingerprint density at radius 2 is 1.48 bits per heavy atom. The summed E-state index contributed by atoms with van der Waals surface area (Å²) in [6.07, 6.45) is 0. The van der Waals surface area contributed by atoms with E-state index in [1.807, 2.05) is 0 Å². The fourth-order valence-electron chi connectivity index (χ4n) is 1.85. The minimum atomic E-state index is -2.27. The highest BCUT2D eigenvalue weighted by Gasteiger charge is 2.28. The van der Waals surface area contributed by atoms with Gasteiger partial charge in [0, 0.05) is 11.3 Å². The van der Waals surface area contributed by atoms with Crippen molar-refractivity contribution < 1.29 is 22.0 Å². The zero-order valence-electron chi connectivity index (χ0n) is 10.4. The maximum atomic E-state index is 13.8. The zero-order chi connectivity index (χ0) is 15.9. The van der Waals surface area contributed by atoms with Gasteiger partial charge in [-0.3, -0.25) is 0 Å². The van der Waals surface area contributed by atoms with E-state index in [1.54, 1.807) is 0 Å². The maximum absolute atomic E-state index is 13.8. The van der Waals surface area contributed by atoms with E-state index in [4.69, 9.17) is 11.0 Å². The number of anilines is 1. The van der Waals surface area contributed by atoms with Gasteiger partial charge < -0.3 is 5.73 Å². The van der Waals surface area contributed by atoms with Crippen molar-refractivity contribution in [2.45, 2.75) is 6.92 Å². The van der Waals surface area contributed by atoms with Gasteiger partial charge in [0.25, 0.3) is 0 Å². The van der Waals surface area contributed by atoms with E-state index in [0.29, 0.717) is 0 Å². The van der Waals surface area contributed by atoms with Crippen molar-refractivity contribution in [3.63, 3.8) is 0 Å². The Kier molecular flexibility index (Phi) is 3.51. The number of benzene rings is 1. The number of nitrogens with zero attached hydrogens (tertiary/aromatic N) is 2. The molecule has 0 spiro atoms. The second kappa shape index (κ2) is 5.01. The molecule has 0 fully saturated rings. The molecule has 0 unspecified atom stereocenters. The summed E-state index contributed by atoms with van der Waals surface area (Å²) in [4.78, 5) is 3.70. The van der Waals surface area contributed by atoms with Gasteiger partial charge in [-0.15, -0.1) is 0 Å². The normalized spacial score (nSPS) is 10.5. The Morgan fingerprint density at radius 1 is 1.00 bits per heavy atom. The van der Waals surface area contributed by atoms with Crippen molar-refractivity contribution in [3.8, 4) is 17.2 Å². The molecule has 0 amide bonds. The monoisotopic (exact) mass is 299 g/mol.